The summed E-state index contributed by atoms with van der Waals surface area (Å²) in [7, 11) is 1.82. The molecule has 148 valence electrons. The molecular formula is C20H30N4O3. The van der Waals surface area contributed by atoms with Gasteiger partial charge in [0.25, 0.3) is 5.91 Å². The van der Waals surface area contributed by atoms with Gasteiger partial charge in [0.05, 0.1) is 6.61 Å². The molecule has 2 heterocycles. The molecule has 1 amide bonds. The van der Waals surface area contributed by atoms with Gasteiger partial charge in [0.2, 0.25) is 0 Å². The Bertz CT molecular complexity index is 671. The van der Waals surface area contributed by atoms with Crippen LogP contribution in [0.3, 0.4) is 0 Å². The van der Waals surface area contributed by atoms with Gasteiger partial charge in [0.1, 0.15) is 5.75 Å². The topological polar surface area (TPSA) is 75.2 Å². The van der Waals surface area contributed by atoms with Crippen LogP contribution in [0, 0.1) is 5.41 Å². The SMILES string of the molecule is CCNC(=O)COc1cccc(CNC(=NC)N2CCC3(CCOC3)C2)c1. The molecule has 1 aromatic carbocycles. The molecule has 1 aromatic rings. The average molecular weight is 374 g/mol. The molecule has 27 heavy (non-hydrogen) atoms. The molecule has 0 bridgehead atoms. The summed E-state index contributed by atoms with van der Waals surface area (Å²) in [6.07, 6.45) is 2.31. The second kappa shape index (κ2) is 9.08. The summed E-state index contributed by atoms with van der Waals surface area (Å²) in [5.41, 5.74) is 1.40. The first-order valence-electron chi connectivity index (χ1n) is 9.66. The van der Waals surface area contributed by atoms with E-state index in [4.69, 9.17) is 9.47 Å². The predicted molar refractivity (Wildman–Crippen MR) is 105 cm³/mol. The van der Waals surface area contributed by atoms with Crippen LogP contribution < -0.4 is 15.4 Å². The van der Waals surface area contributed by atoms with Gasteiger partial charge >= 0.3 is 0 Å². The lowest BCUT2D eigenvalue weighted by Crippen LogP contribution is -2.41. The van der Waals surface area contributed by atoms with Crippen molar-refractivity contribution < 1.29 is 14.3 Å². The van der Waals surface area contributed by atoms with Crippen LogP contribution in [-0.4, -0.2) is 63.3 Å². The number of nitrogens with zero attached hydrogens (tertiary/aromatic N) is 2. The predicted octanol–water partition coefficient (Wildman–Crippen LogP) is 1.39. The van der Waals surface area contributed by atoms with Gasteiger partial charge in [0.15, 0.2) is 12.6 Å². The van der Waals surface area contributed by atoms with Crippen molar-refractivity contribution in [3.05, 3.63) is 29.8 Å². The van der Waals surface area contributed by atoms with Crippen molar-refractivity contribution in [3.8, 4) is 5.75 Å². The van der Waals surface area contributed by atoms with E-state index in [2.05, 4.69) is 20.5 Å². The van der Waals surface area contributed by atoms with Crippen molar-refractivity contribution >= 4 is 11.9 Å². The quantitative estimate of drug-likeness (QED) is 0.581. The summed E-state index contributed by atoms with van der Waals surface area (Å²) in [5, 5.41) is 6.17. The van der Waals surface area contributed by atoms with Crippen molar-refractivity contribution in [2.75, 3.05) is 46.5 Å². The highest BCUT2D eigenvalue weighted by atomic mass is 16.5. The number of nitrogens with one attached hydrogen (secondary N) is 2. The number of rotatable bonds is 6. The van der Waals surface area contributed by atoms with Gasteiger partial charge in [-0.05, 0) is 37.5 Å². The zero-order valence-electron chi connectivity index (χ0n) is 16.3. The van der Waals surface area contributed by atoms with Crippen LogP contribution in [0.15, 0.2) is 29.3 Å². The highest BCUT2D eigenvalue weighted by molar-refractivity contribution is 5.80. The molecule has 1 spiro atoms. The molecule has 7 nitrogen and oxygen atoms in total. The van der Waals surface area contributed by atoms with Crippen LogP contribution in [0.4, 0.5) is 0 Å². The fraction of sp³-hybridized carbons (Fsp3) is 0.600. The van der Waals surface area contributed by atoms with Gasteiger partial charge < -0.3 is 25.0 Å². The molecule has 2 fully saturated rings. The van der Waals surface area contributed by atoms with E-state index < -0.39 is 0 Å². The van der Waals surface area contributed by atoms with Crippen LogP contribution in [0.25, 0.3) is 0 Å². The first kappa shape index (κ1) is 19.5. The molecule has 7 heteroatoms. The summed E-state index contributed by atoms with van der Waals surface area (Å²) >= 11 is 0. The van der Waals surface area contributed by atoms with E-state index in [-0.39, 0.29) is 12.5 Å². The number of hydrogen-bond donors (Lipinski definition) is 2. The molecule has 0 aliphatic carbocycles. The first-order valence-corrected chi connectivity index (χ1v) is 9.66. The minimum Gasteiger partial charge on any atom is -0.484 e. The van der Waals surface area contributed by atoms with Gasteiger partial charge in [-0.2, -0.15) is 0 Å². The summed E-state index contributed by atoms with van der Waals surface area (Å²) < 4.78 is 11.2. The normalized spacial score (nSPS) is 22.3. The molecule has 1 atom stereocenters. The summed E-state index contributed by atoms with van der Waals surface area (Å²) in [6, 6.07) is 7.79. The van der Waals surface area contributed by atoms with Crippen molar-refractivity contribution in [3.63, 3.8) is 0 Å². The number of likely N-dealkylation sites (N-methyl/N-ethyl adjacent to an activating group) is 1. The van der Waals surface area contributed by atoms with Crippen molar-refractivity contribution in [2.24, 2.45) is 10.4 Å². The molecule has 0 aromatic heterocycles. The number of aliphatic imine (C=N–C) groups is 1. The number of carbonyl (C=O) groups is 1. The van der Waals surface area contributed by atoms with Crippen LogP contribution in [0.2, 0.25) is 0 Å². The third kappa shape index (κ3) is 5.13. The average Bonchev–Trinajstić information content (AvgIpc) is 3.31. The number of benzene rings is 1. The van der Waals surface area contributed by atoms with Gasteiger partial charge in [-0.15, -0.1) is 0 Å². The highest BCUT2D eigenvalue weighted by Gasteiger charge is 2.42. The Morgan fingerprint density at radius 2 is 2.26 bits per heavy atom. The Hall–Kier alpha value is -2.28. The highest BCUT2D eigenvalue weighted by Crippen LogP contribution is 2.38. The number of ether oxygens (including phenoxy) is 2. The fourth-order valence-electron chi connectivity index (χ4n) is 3.74. The smallest absolute Gasteiger partial charge is 0.257 e. The van der Waals surface area contributed by atoms with E-state index >= 15 is 0 Å². The van der Waals surface area contributed by atoms with Gasteiger partial charge in [-0.3, -0.25) is 9.79 Å². The number of likely N-dealkylation sites (tertiary alicyclic amines) is 1. The number of amides is 1. The molecule has 2 N–H and O–H groups in total. The van der Waals surface area contributed by atoms with E-state index in [0.717, 1.165) is 50.7 Å². The second-order valence-electron chi connectivity index (χ2n) is 7.26. The third-order valence-electron chi connectivity index (χ3n) is 5.23. The lowest BCUT2D eigenvalue weighted by atomic mass is 9.87. The van der Waals surface area contributed by atoms with Crippen LogP contribution in [0.1, 0.15) is 25.3 Å². The first-order chi connectivity index (χ1) is 13.1. The summed E-state index contributed by atoms with van der Waals surface area (Å²) in [5.74, 6) is 1.51. The number of guanidine groups is 1. The van der Waals surface area contributed by atoms with E-state index in [0.29, 0.717) is 24.3 Å². The molecule has 2 saturated heterocycles. The summed E-state index contributed by atoms with van der Waals surface area (Å²) in [6.45, 7) is 6.94. The van der Waals surface area contributed by atoms with Crippen molar-refractivity contribution in [1.29, 1.82) is 0 Å². The fourth-order valence-corrected chi connectivity index (χ4v) is 3.74. The van der Waals surface area contributed by atoms with E-state index in [1.165, 1.54) is 0 Å². The van der Waals surface area contributed by atoms with Crippen LogP contribution >= 0.6 is 0 Å². The van der Waals surface area contributed by atoms with E-state index in [1.807, 2.05) is 38.2 Å². The van der Waals surface area contributed by atoms with Gasteiger partial charge in [-0.1, -0.05) is 12.1 Å². The Kier molecular flexibility index (Phi) is 6.55. The maximum Gasteiger partial charge on any atom is 0.257 e. The van der Waals surface area contributed by atoms with E-state index in [1.54, 1.807) is 0 Å². The Morgan fingerprint density at radius 3 is 3.00 bits per heavy atom. The minimum atomic E-state index is -0.111. The zero-order valence-corrected chi connectivity index (χ0v) is 16.3. The van der Waals surface area contributed by atoms with Gasteiger partial charge in [-0.25, -0.2) is 0 Å². The Balaban J connectivity index is 1.51. The van der Waals surface area contributed by atoms with Crippen LogP contribution in [0.5, 0.6) is 5.75 Å². The molecule has 2 aliphatic heterocycles. The largest absolute Gasteiger partial charge is 0.484 e. The molecule has 3 rings (SSSR count). The maximum atomic E-state index is 11.5. The minimum absolute atomic E-state index is 0.0321. The lowest BCUT2D eigenvalue weighted by Gasteiger charge is -2.25. The molecule has 2 aliphatic rings. The maximum absolute atomic E-state index is 11.5. The third-order valence-corrected chi connectivity index (χ3v) is 5.23. The molecule has 1 unspecified atom stereocenters. The number of hydrogen-bond acceptors (Lipinski definition) is 4. The molecule has 0 saturated carbocycles. The Labute approximate surface area is 161 Å². The van der Waals surface area contributed by atoms with Crippen molar-refractivity contribution in [2.45, 2.75) is 26.3 Å². The van der Waals surface area contributed by atoms with Crippen LogP contribution in [-0.2, 0) is 16.1 Å². The number of carbonyl (C=O) groups excluding carboxylic acids is 1. The lowest BCUT2D eigenvalue weighted by molar-refractivity contribution is -0.122. The second-order valence-corrected chi connectivity index (χ2v) is 7.26. The van der Waals surface area contributed by atoms with Crippen molar-refractivity contribution in [1.82, 2.24) is 15.5 Å². The zero-order chi connectivity index (χ0) is 19.1. The van der Waals surface area contributed by atoms with E-state index in [9.17, 15) is 4.79 Å². The Morgan fingerprint density at radius 1 is 1.37 bits per heavy atom. The molecule has 0 radical (unpaired) electrons. The molecular weight excluding hydrogens is 344 g/mol. The standard InChI is InChI=1S/C20H30N4O3/c1-3-22-18(25)13-27-17-6-4-5-16(11-17)12-23-19(21-2)24-9-7-20(14-24)8-10-26-15-20/h4-6,11H,3,7-10,12-15H2,1-2H3,(H,21,23)(H,22,25). The monoisotopic (exact) mass is 374 g/mol. The summed E-state index contributed by atoms with van der Waals surface area (Å²) in [4.78, 5) is 18.3. The van der Waals surface area contributed by atoms with Gasteiger partial charge in [0, 0.05) is 45.2 Å².